The van der Waals surface area contributed by atoms with Crippen LogP contribution in [0.3, 0.4) is 0 Å². The van der Waals surface area contributed by atoms with E-state index < -0.39 is 0 Å². The molecule has 16 heavy (non-hydrogen) atoms. The molecule has 1 fully saturated rings. The smallest absolute Gasteiger partial charge is 0.115 e. The van der Waals surface area contributed by atoms with E-state index in [9.17, 15) is 4.39 Å². The molecule has 1 aliphatic heterocycles. The Morgan fingerprint density at radius 3 is 2.50 bits per heavy atom. The molecule has 0 spiro atoms. The van der Waals surface area contributed by atoms with Crippen molar-refractivity contribution in [2.24, 2.45) is 0 Å². The number of piperazine rings is 1. The second-order valence-corrected chi connectivity index (χ2v) is 4.36. The van der Waals surface area contributed by atoms with Crippen molar-refractivity contribution >= 4 is 5.69 Å². The van der Waals surface area contributed by atoms with Gasteiger partial charge in [-0.05, 0) is 36.6 Å². The first kappa shape index (κ1) is 11.4. The lowest BCUT2D eigenvalue weighted by Gasteiger charge is -2.31. The molecule has 1 heterocycles. The fraction of sp³-hybridized carbons (Fsp3) is 0.538. The zero-order valence-electron chi connectivity index (χ0n) is 10.0. The zero-order valence-corrected chi connectivity index (χ0v) is 10.0. The maximum absolute atomic E-state index is 12.7. The molecule has 1 aliphatic rings. The summed E-state index contributed by atoms with van der Waals surface area (Å²) in [4.78, 5) is 2.38. The molecule has 1 N–H and O–H groups in total. The predicted molar refractivity (Wildman–Crippen MR) is 65.8 cm³/mol. The van der Waals surface area contributed by atoms with Crippen LogP contribution in [0.5, 0.6) is 0 Å². The minimum absolute atomic E-state index is 0.367. The number of alkyl halides is 1. The first-order chi connectivity index (χ1) is 7.74. The molecule has 1 aromatic rings. The van der Waals surface area contributed by atoms with Gasteiger partial charge in [0.2, 0.25) is 0 Å². The Morgan fingerprint density at radius 1 is 1.19 bits per heavy atom. The maximum Gasteiger partial charge on any atom is 0.115 e. The van der Waals surface area contributed by atoms with Crippen LogP contribution in [-0.2, 0) is 6.67 Å². The average molecular weight is 222 g/mol. The molecule has 88 valence electrons. The Labute approximate surface area is 96.5 Å². The van der Waals surface area contributed by atoms with Crippen LogP contribution in [0, 0.1) is 13.8 Å². The normalized spacial score (nSPS) is 16.6. The molecular formula is C13H19FN2. The lowest BCUT2D eigenvalue weighted by Crippen LogP contribution is -2.43. The lowest BCUT2D eigenvalue weighted by atomic mass is 10.0. The Morgan fingerprint density at radius 2 is 1.88 bits per heavy atom. The van der Waals surface area contributed by atoms with Crippen LogP contribution in [-0.4, -0.2) is 26.2 Å². The highest BCUT2D eigenvalue weighted by atomic mass is 19.1. The van der Waals surface area contributed by atoms with E-state index in [0.717, 1.165) is 37.3 Å². The monoisotopic (exact) mass is 222 g/mol. The Kier molecular flexibility index (Phi) is 3.44. The molecule has 0 aliphatic carbocycles. The molecular weight excluding hydrogens is 203 g/mol. The lowest BCUT2D eigenvalue weighted by molar-refractivity contribution is 0.483. The molecule has 0 bridgehead atoms. The standard InChI is InChI=1S/C13H19FN2/c1-10-11(2)13(4-3-12(10)9-14)16-7-5-15-6-8-16/h3-4,15H,5-9H2,1-2H3. The number of hydrogen-bond acceptors (Lipinski definition) is 2. The SMILES string of the molecule is Cc1c(CF)ccc(N2CCNCC2)c1C. The Hall–Kier alpha value is -1.09. The number of nitrogens with zero attached hydrogens (tertiary/aromatic N) is 1. The molecule has 1 aromatic carbocycles. The van der Waals surface area contributed by atoms with Gasteiger partial charge in [0.1, 0.15) is 6.67 Å². The van der Waals surface area contributed by atoms with Crippen molar-refractivity contribution in [3.8, 4) is 0 Å². The van der Waals surface area contributed by atoms with Crippen molar-refractivity contribution in [1.82, 2.24) is 5.32 Å². The fourth-order valence-corrected chi connectivity index (χ4v) is 2.26. The van der Waals surface area contributed by atoms with Crippen LogP contribution >= 0.6 is 0 Å². The van der Waals surface area contributed by atoms with Crippen LogP contribution < -0.4 is 10.2 Å². The summed E-state index contributed by atoms with van der Waals surface area (Å²) in [6.07, 6.45) is 0. The first-order valence-corrected chi connectivity index (χ1v) is 5.84. The predicted octanol–water partition coefficient (Wildman–Crippen LogP) is 2.18. The molecule has 3 heteroatoms. The summed E-state index contributed by atoms with van der Waals surface area (Å²) >= 11 is 0. The average Bonchev–Trinajstić information content (AvgIpc) is 2.34. The van der Waals surface area contributed by atoms with Crippen LogP contribution in [0.25, 0.3) is 0 Å². The number of benzene rings is 1. The highest BCUT2D eigenvalue weighted by molar-refractivity contribution is 5.58. The summed E-state index contributed by atoms with van der Waals surface area (Å²) in [5.41, 5.74) is 4.39. The van der Waals surface area contributed by atoms with Crippen LogP contribution in [0.1, 0.15) is 16.7 Å². The molecule has 0 unspecified atom stereocenters. The number of hydrogen-bond donors (Lipinski definition) is 1. The van der Waals surface area contributed by atoms with Gasteiger partial charge in [-0.2, -0.15) is 0 Å². The van der Waals surface area contributed by atoms with Crippen molar-refractivity contribution in [2.45, 2.75) is 20.5 Å². The Balaban J connectivity index is 2.30. The van der Waals surface area contributed by atoms with E-state index in [0.29, 0.717) is 0 Å². The zero-order chi connectivity index (χ0) is 11.5. The van der Waals surface area contributed by atoms with Gasteiger partial charge in [0.05, 0.1) is 0 Å². The molecule has 1 saturated heterocycles. The van der Waals surface area contributed by atoms with Crippen molar-refractivity contribution < 1.29 is 4.39 Å². The number of anilines is 1. The summed E-state index contributed by atoms with van der Waals surface area (Å²) in [7, 11) is 0. The maximum atomic E-state index is 12.7. The topological polar surface area (TPSA) is 15.3 Å². The van der Waals surface area contributed by atoms with Gasteiger partial charge in [-0.1, -0.05) is 6.07 Å². The van der Waals surface area contributed by atoms with Gasteiger partial charge in [0, 0.05) is 31.9 Å². The minimum Gasteiger partial charge on any atom is -0.369 e. The fourth-order valence-electron chi connectivity index (χ4n) is 2.26. The quantitative estimate of drug-likeness (QED) is 0.825. The van der Waals surface area contributed by atoms with Gasteiger partial charge in [-0.25, -0.2) is 4.39 Å². The highest BCUT2D eigenvalue weighted by Gasteiger charge is 2.14. The van der Waals surface area contributed by atoms with Crippen molar-refractivity contribution in [3.63, 3.8) is 0 Å². The summed E-state index contributed by atoms with van der Waals surface area (Å²) < 4.78 is 12.7. The van der Waals surface area contributed by atoms with Crippen LogP contribution in [0.2, 0.25) is 0 Å². The van der Waals surface area contributed by atoms with Gasteiger partial charge in [0.15, 0.2) is 0 Å². The second kappa shape index (κ2) is 4.83. The molecule has 0 radical (unpaired) electrons. The third-order valence-electron chi connectivity index (χ3n) is 3.47. The van der Waals surface area contributed by atoms with E-state index >= 15 is 0 Å². The van der Waals surface area contributed by atoms with E-state index in [1.807, 2.05) is 13.0 Å². The van der Waals surface area contributed by atoms with Crippen molar-refractivity contribution in [2.75, 3.05) is 31.1 Å². The van der Waals surface area contributed by atoms with E-state index in [-0.39, 0.29) is 6.67 Å². The molecule has 0 aromatic heterocycles. The summed E-state index contributed by atoms with van der Waals surface area (Å²) in [5, 5.41) is 3.34. The van der Waals surface area contributed by atoms with E-state index in [2.05, 4.69) is 23.2 Å². The van der Waals surface area contributed by atoms with E-state index in [1.165, 1.54) is 11.3 Å². The van der Waals surface area contributed by atoms with E-state index in [1.54, 1.807) is 0 Å². The first-order valence-electron chi connectivity index (χ1n) is 5.84. The van der Waals surface area contributed by atoms with Crippen molar-refractivity contribution in [1.29, 1.82) is 0 Å². The number of rotatable bonds is 2. The van der Waals surface area contributed by atoms with Gasteiger partial charge in [0.25, 0.3) is 0 Å². The summed E-state index contributed by atoms with van der Waals surface area (Å²) in [6.45, 7) is 7.87. The highest BCUT2D eigenvalue weighted by Crippen LogP contribution is 2.26. The summed E-state index contributed by atoms with van der Waals surface area (Å²) in [5.74, 6) is 0. The van der Waals surface area contributed by atoms with Crippen molar-refractivity contribution in [3.05, 3.63) is 28.8 Å². The van der Waals surface area contributed by atoms with Gasteiger partial charge in [-0.15, -0.1) is 0 Å². The molecule has 0 atom stereocenters. The molecule has 0 amide bonds. The van der Waals surface area contributed by atoms with Gasteiger partial charge in [-0.3, -0.25) is 0 Å². The summed E-state index contributed by atoms with van der Waals surface area (Å²) in [6, 6.07) is 3.97. The van der Waals surface area contributed by atoms with E-state index in [4.69, 9.17) is 0 Å². The third kappa shape index (κ3) is 2.05. The van der Waals surface area contributed by atoms with Gasteiger partial charge >= 0.3 is 0 Å². The Bertz CT molecular complexity index is 370. The minimum atomic E-state index is -0.367. The second-order valence-electron chi connectivity index (χ2n) is 4.36. The number of nitrogens with one attached hydrogen (secondary N) is 1. The third-order valence-corrected chi connectivity index (χ3v) is 3.47. The molecule has 2 rings (SSSR count). The number of halogens is 1. The largest absolute Gasteiger partial charge is 0.369 e. The molecule has 2 nitrogen and oxygen atoms in total. The van der Waals surface area contributed by atoms with Crippen LogP contribution in [0.15, 0.2) is 12.1 Å². The van der Waals surface area contributed by atoms with Crippen LogP contribution in [0.4, 0.5) is 10.1 Å². The van der Waals surface area contributed by atoms with Gasteiger partial charge < -0.3 is 10.2 Å². The molecule has 0 saturated carbocycles.